The lowest BCUT2D eigenvalue weighted by atomic mass is 10.1. The van der Waals surface area contributed by atoms with Crippen LogP contribution in [0.5, 0.6) is 0 Å². The van der Waals surface area contributed by atoms with E-state index in [1.54, 1.807) is 4.67 Å². The zero-order chi connectivity index (χ0) is 8.15. The highest BCUT2D eigenvalue weighted by molar-refractivity contribution is 7.14. The second-order valence-corrected chi connectivity index (χ2v) is 2.84. The molecule has 0 aliphatic carbocycles. The van der Waals surface area contributed by atoms with E-state index in [2.05, 4.69) is 9.39 Å². The summed E-state index contributed by atoms with van der Waals surface area (Å²) in [5.41, 5.74) is 0. The average molecular weight is 161 g/mol. The topological polar surface area (TPSA) is 20.3 Å². The van der Waals surface area contributed by atoms with Gasteiger partial charge in [-0.15, -0.1) is 0 Å². The molecule has 1 fully saturated rings. The van der Waals surface area contributed by atoms with Crippen molar-refractivity contribution in [2.75, 3.05) is 6.54 Å². The molecule has 0 aromatic heterocycles. The summed E-state index contributed by atoms with van der Waals surface area (Å²) in [7, 11) is 2.42. The van der Waals surface area contributed by atoms with Gasteiger partial charge in [-0.05, 0) is 15.8 Å². The number of amides is 1. The summed E-state index contributed by atoms with van der Waals surface area (Å²) in [4.78, 5) is 10.8. The predicted octanol–water partition coefficient (Wildman–Crippen LogP) is 1.67. The van der Waals surface area contributed by atoms with E-state index in [4.69, 9.17) is 0 Å². The highest BCUT2D eigenvalue weighted by Crippen LogP contribution is 2.19. The number of hydrogen-bond donors (Lipinski definition) is 0. The van der Waals surface area contributed by atoms with E-state index in [1.165, 1.54) is 0 Å². The highest BCUT2D eigenvalue weighted by Gasteiger charge is 2.24. The average Bonchev–Trinajstić information content (AvgIpc) is 2.25. The van der Waals surface area contributed by atoms with Gasteiger partial charge in [-0.2, -0.15) is 0 Å². The van der Waals surface area contributed by atoms with Crippen molar-refractivity contribution in [1.82, 2.24) is 4.67 Å². The zero-order valence-corrected chi connectivity index (χ0v) is 8.08. The SMILES string of the molecule is CC.C[C@@H]1CCN(P)C1=O. The highest BCUT2D eigenvalue weighted by atomic mass is 31.0. The third-order valence-electron chi connectivity index (χ3n) is 1.51. The molecule has 10 heavy (non-hydrogen) atoms. The molecule has 1 heterocycles. The van der Waals surface area contributed by atoms with Crippen molar-refractivity contribution in [3.63, 3.8) is 0 Å². The quantitative estimate of drug-likeness (QED) is 0.495. The number of hydrogen-bond acceptors (Lipinski definition) is 1. The van der Waals surface area contributed by atoms with Gasteiger partial charge in [0, 0.05) is 12.5 Å². The summed E-state index contributed by atoms with van der Waals surface area (Å²) in [6.07, 6.45) is 1.02. The first kappa shape index (κ1) is 9.90. The molecule has 60 valence electrons. The van der Waals surface area contributed by atoms with Gasteiger partial charge in [-0.1, -0.05) is 20.8 Å². The molecule has 0 saturated carbocycles. The van der Waals surface area contributed by atoms with Gasteiger partial charge in [0.05, 0.1) is 0 Å². The van der Waals surface area contributed by atoms with Crippen molar-refractivity contribution in [2.24, 2.45) is 5.92 Å². The molecule has 1 rings (SSSR count). The van der Waals surface area contributed by atoms with Crippen LogP contribution in [-0.4, -0.2) is 17.1 Å². The maximum absolute atomic E-state index is 10.8. The van der Waals surface area contributed by atoms with Crippen LogP contribution >= 0.6 is 9.39 Å². The molecule has 1 aliphatic rings. The van der Waals surface area contributed by atoms with E-state index in [1.807, 2.05) is 20.8 Å². The summed E-state index contributed by atoms with van der Waals surface area (Å²) in [6.45, 7) is 6.87. The molecule has 0 aromatic rings. The van der Waals surface area contributed by atoms with Gasteiger partial charge in [0.1, 0.15) is 0 Å². The molecular weight excluding hydrogens is 145 g/mol. The van der Waals surface area contributed by atoms with E-state index in [-0.39, 0.29) is 11.8 Å². The molecule has 1 aliphatic heterocycles. The minimum Gasteiger partial charge on any atom is -0.327 e. The van der Waals surface area contributed by atoms with E-state index in [0.29, 0.717) is 0 Å². The van der Waals surface area contributed by atoms with E-state index < -0.39 is 0 Å². The summed E-state index contributed by atoms with van der Waals surface area (Å²) in [6, 6.07) is 0. The number of carbonyl (C=O) groups excluding carboxylic acids is 1. The van der Waals surface area contributed by atoms with Crippen molar-refractivity contribution in [1.29, 1.82) is 0 Å². The van der Waals surface area contributed by atoms with E-state index >= 15 is 0 Å². The lowest BCUT2D eigenvalue weighted by Gasteiger charge is -2.04. The van der Waals surface area contributed by atoms with Crippen LogP contribution in [-0.2, 0) is 4.79 Å². The zero-order valence-electron chi connectivity index (χ0n) is 6.92. The smallest absolute Gasteiger partial charge is 0.228 e. The molecule has 1 amide bonds. The van der Waals surface area contributed by atoms with E-state index in [0.717, 1.165) is 13.0 Å². The van der Waals surface area contributed by atoms with Crippen molar-refractivity contribution >= 4 is 15.3 Å². The van der Waals surface area contributed by atoms with Crippen LogP contribution in [0.1, 0.15) is 27.2 Å². The van der Waals surface area contributed by atoms with Gasteiger partial charge in [0.15, 0.2) is 0 Å². The molecule has 0 bridgehead atoms. The molecule has 2 atom stereocenters. The Bertz CT molecular complexity index is 104. The van der Waals surface area contributed by atoms with Crippen LogP contribution in [0, 0.1) is 5.92 Å². The number of carbonyl (C=O) groups is 1. The van der Waals surface area contributed by atoms with Gasteiger partial charge in [-0.3, -0.25) is 4.79 Å². The Morgan fingerprint density at radius 2 is 2.10 bits per heavy atom. The first-order valence-electron chi connectivity index (χ1n) is 3.78. The molecule has 1 unspecified atom stereocenters. The van der Waals surface area contributed by atoms with Crippen LogP contribution in [0.25, 0.3) is 0 Å². The minimum absolute atomic E-state index is 0.257. The lowest BCUT2D eigenvalue weighted by molar-refractivity contribution is -0.126. The Morgan fingerprint density at radius 3 is 2.20 bits per heavy atom. The lowest BCUT2D eigenvalue weighted by Crippen LogP contribution is -2.14. The van der Waals surface area contributed by atoms with Gasteiger partial charge in [0.25, 0.3) is 0 Å². The first-order valence-corrected chi connectivity index (χ1v) is 4.29. The molecule has 1 saturated heterocycles. The van der Waals surface area contributed by atoms with Crippen molar-refractivity contribution in [3.8, 4) is 0 Å². The monoisotopic (exact) mass is 161 g/mol. The predicted molar refractivity (Wildman–Crippen MR) is 46.6 cm³/mol. The van der Waals surface area contributed by atoms with Crippen molar-refractivity contribution in [3.05, 3.63) is 0 Å². The second-order valence-electron chi connectivity index (χ2n) is 2.22. The summed E-state index contributed by atoms with van der Waals surface area (Å²) >= 11 is 0. The van der Waals surface area contributed by atoms with Crippen LogP contribution in [0.4, 0.5) is 0 Å². The summed E-state index contributed by atoms with van der Waals surface area (Å²) in [5.74, 6) is 0.516. The number of nitrogens with zero attached hydrogens (tertiary/aromatic N) is 1. The normalized spacial score (nSPS) is 24.2. The van der Waals surface area contributed by atoms with Crippen LogP contribution < -0.4 is 0 Å². The molecule has 2 nitrogen and oxygen atoms in total. The fourth-order valence-corrected chi connectivity index (χ4v) is 1.25. The van der Waals surface area contributed by atoms with Crippen LogP contribution in [0.2, 0.25) is 0 Å². The molecule has 0 N–H and O–H groups in total. The standard InChI is InChI=1S/C5H10NOP.C2H6/c1-4-2-3-6(8)5(4)7;1-2/h4H,2-3,8H2,1H3;1-2H3/t4-;/m1./s1. The summed E-state index contributed by atoms with van der Waals surface area (Å²) < 4.78 is 1.70. The van der Waals surface area contributed by atoms with Gasteiger partial charge in [0.2, 0.25) is 5.91 Å². The van der Waals surface area contributed by atoms with Gasteiger partial charge >= 0.3 is 0 Å². The van der Waals surface area contributed by atoms with E-state index in [9.17, 15) is 4.79 Å². The minimum atomic E-state index is 0.257. The van der Waals surface area contributed by atoms with Crippen molar-refractivity contribution < 1.29 is 4.79 Å². The molecule has 3 heteroatoms. The third-order valence-corrected chi connectivity index (χ3v) is 2.02. The third kappa shape index (κ3) is 2.26. The first-order chi connectivity index (χ1) is 4.72. The summed E-state index contributed by atoms with van der Waals surface area (Å²) in [5, 5.41) is 0. The Hall–Kier alpha value is -0.100. The Balaban J connectivity index is 0.000000371. The maximum Gasteiger partial charge on any atom is 0.228 e. The Kier molecular flexibility index (Phi) is 4.63. The van der Waals surface area contributed by atoms with Crippen LogP contribution in [0.3, 0.4) is 0 Å². The molecule has 0 radical (unpaired) electrons. The maximum atomic E-state index is 10.8. The number of rotatable bonds is 0. The molecule has 0 aromatic carbocycles. The molecular formula is C7H16NOP. The van der Waals surface area contributed by atoms with Gasteiger partial charge < -0.3 is 4.67 Å². The Labute approximate surface area is 65.2 Å². The van der Waals surface area contributed by atoms with Gasteiger partial charge in [-0.25, -0.2) is 0 Å². The van der Waals surface area contributed by atoms with Crippen LogP contribution in [0.15, 0.2) is 0 Å². The fourth-order valence-electron chi connectivity index (χ4n) is 0.849. The fraction of sp³-hybridized carbons (Fsp3) is 0.857. The second kappa shape index (κ2) is 4.68. The van der Waals surface area contributed by atoms with Crippen molar-refractivity contribution in [2.45, 2.75) is 27.2 Å². The molecule has 0 spiro atoms. The largest absolute Gasteiger partial charge is 0.327 e. The Morgan fingerprint density at radius 1 is 1.60 bits per heavy atom.